The van der Waals surface area contributed by atoms with Crippen LogP contribution >= 0.6 is 11.6 Å². The van der Waals surface area contributed by atoms with E-state index in [2.05, 4.69) is 24.0 Å². The van der Waals surface area contributed by atoms with E-state index in [1.54, 1.807) is 19.2 Å². The summed E-state index contributed by atoms with van der Waals surface area (Å²) in [6.07, 6.45) is 5.00. The third-order valence-electron chi connectivity index (χ3n) is 4.66. The van der Waals surface area contributed by atoms with Crippen molar-refractivity contribution in [2.45, 2.75) is 37.7 Å². The number of methoxy groups -OCH3 is 1. The zero-order valence-electron chi connectivity index (χ0n) is 13.7. The van der Waals surface area contributed by atoms with Gasteiger partial charge in [-0.1, -0.05) is 35.6 Å². The molecule has 1 saturated carbocycles. The molecular formula is C21H20ClFO. The maximum absolute atomic E-state index is 13.7. The number of halogens is 2. The topological polar surface area (TPSA) is 9.23 Å². The maximum Gasteiger partial charge on any atom is 0.140 e. The zero-order chi connectivity index (χ0) is 16.9. The van der Waals surface area contributed by atoms with Gasteiger partial charge in [0.05, 0.1) is 11.7 Å². The smallest absolute Gasteiger partial charge is 0.140 e. The van der Waals surface area contributed by atoms with E-state index in [1.807, 2.05) is 12.1 Å². The highest BCUT2D eigenvalue weighted by Gasteiger charge is 2.21. The Kier molecular flexibility index (Phi) is 5.56. The third-order valence-corrected chi connectivity index (χ3v) is 4.90. The van der Waals surface area contributed by atoms with Crippen molar-refractivity contribution in [3.05, 3.63) is 70.0 Å². The lowest BCUT2D eigenvalue weighted by Gasteiger charge is -2.27. The Labute approximate surface area is 147 Å². The lowest BCUT2D eigenvalue weighted by molar-refractivity contribution is 0.0659. The molecule has 24 heavy (non-hydrogen) atoms. The van der Waals surface area contributed by atoms with Crippen LogP contribution in [0.2, 0.25) is 5.02 Å². The Hall–Kier alpha value is -1.82. The van der Waals surface area contributed by atoms with Crippen LogP contribution in [0.1, 0.15) is 48.3 Å². The standard InChI is InChI=1S/C21H20ClFO/c1-24-20-12-9-17(10-13-20)16-5-2-15(3-6-16)4-7-18-8-11-19(22)14-21(18)23/h2-3,5-6,8,11,14,17,20H,9-10,12-13H2,1H3. The molecule has 0 bridgehead atoms. The van der Waals surface area contributed by atoms with Crippen LogP contribution in [0, 0.1) is 17.7 Å². The first-order chi connectivity index (χ1) is 11.7. The van der Waals surface area contributed by atoms with Crippen LogP contribution in [0.25, 0.3) is 0 Å². The highest BCUT2D eigenvalue weighted by atomic mass is 35.5. The summed E-state index contributed by atoms with van der Waals surface area (Å²) in [6, 6.07) is 12.8. The first-order valence-corrected chi connectivity index (χ1v) is 8.63. The molecule has 0 spiro atoms. The van der Waals surface area contributed by atoms with Crippen LogP contribution < -0.4 is 0 Å². The fourth-order valence-electron chi connectivity index (χ4n) is 3.20. The largest absolute Gasteiger partial charge is 0.381 e. The maximum atomic E-state index is 13.7. The van der Waals surface area contributed by atoms with Crippen molar-refractivity contribution in [2.75, 3.05) is 7.11 Å². The van der Waals surface area contributed by atoms with Crippen LogP contribution in [0.3, 0.4) is 0 Å². The molecule has 0 amide bonds. The molecule has 0 N–H and O–H groups in total. The van der Waals surface area contributed by atoms with E-state index in [-0.39, 0.29) is 5.82 Å². The van der Waals surface area contributed by atoms with Crippen LogP contribution in [-0.4, -0.2) is 13.2 Å². The summed E-state index contributed by atoms with van der Waals surface area (Å²) in [5, 5.41) is 0.380. The minimum absolute atomic E-state index is 0.362. The second-order valence-corrected chi connectivity index (χ2v) is 6.64. The molecule has 1 fully saturated rings. The Morgan fingerprint density at radius 2 is 1.71 bits per heavy atom. The quantitative estimate of drug-likeness (QED) is 0.650. The van der Waals surface area contributed by atoms with Crippen molar-refractivity contribution in [3.8, 4) is 11.8 Å². The molecule has 2 aromatic rings. The number of rotatable bonds is 2. The van der Waals surface area contributed by atoms with E-state index in [0.717, 1.165) is 18.4 Å². The highest BCUT2D eigenvalue weighted by molar-refractivity contribution is 6.30. The van der Waals surface area contributed by atoms with Crippen LogP contribution in [0.5, 0.6) is 0 Å². The summed E-state index contributed by atoms with van der Waals surface area (Å²) in [4.78, 5) is 0. The molecule has 0 saturated heterocycles. The van der Waals surface area contributed by atoms with Gasteiger partial charge in [0, 0.05) is 17.7 Å². The Morgan fingerprint density at radius 1 is 1.00 bits per heavy atom. The van der Waals surface area contributed by atoms with Crippen molar-refractivity contribution in [2.24, 2.45) is 0 Å². The van der Waals surface area contributed by atoms with E-state index in [9.17, 15) is 4.39 Å². The summed E-state index contributed by atoms with van der Waals surface area (Å²) in [5.41, 5.74) is 2.60. The van der Waals surface area contributed by atoms with Gasteiger partial charge in [-0.2, -0.15) is 0 Å². The molecule has 1 aliphatic carbocycles. The lowest BCUT2D eigenvalue weighted by atomic mass is 9.82. The van der Waals surface area contributed by atoms with Gasteiger partial charge >= 0.3 is 0 Å². The van der Waals surface area contributed by atoms with Crippen molar-refractivity contribution in [1.29, 1.82) is 0 Å². The third kappa shape index (κ3) is 4.17. The SMILES string of the molecule is COC1CCC(c2ccc(C#Cc3ccc(Cl)cc3F)cc2)CC1. The summed E-state index contributed by atoms with van der Waals surface area (Å²) >= 11 is 5.75. The van der Waals surface area contributed by atoms with Crippen molar-refractivity contribution < 1.29 is 9.13 Å². The Bertz CT molecular complexity index is 750. The lowest BCUT2D eigenvalue weighted by Crippen LogP contribution is -2.19. The predicted molar refractivity (Wildman–Crippen MR) is 95.8 cm³/mol. The fourth-order valence-corrected chi connectivity index (χ4v) is 3.36. The van der Waals surface area contributed by atoms with Gasteiger partial charge in [0.1, 0.15) is 5.82 Å². The normalized spacial score (nSPS) is 20.3. The molecule has 0 aromatic heterocycles. The zero-order valence-corrected chi connectivity index (χ0v) is 14.4. The summed E-state index contributed by atoms with van der Waals surface area (Å²) in [7, 11) is 1.79. The van der Waals surface area contributed by atoms with Gasteiger partial charge in [0.2, 0.25) is 0 Å². The van der Waals surface area contributed by atoms with Gasteiger partial charge < -0.3 is 4.74 Å². The van der Waals surface area contributed by atoms with E-state index in [4.69, 9.17) is 16.3 Å². The monoisotopic (exact) mass is 342 g/mol. The molecule has 0 radical (unpaired) electrons. The van der Waals surface area contributed by atoms with Gasteiger partial charge in [-0.3, -0.25) is 0 Å². The Balaban J connectivity index is 1.68. The molecule has 124 valence electrons. The van der Waals surface area contributed by atoms with Gasteiger partial charge in [-0.05, 0) is 67.5 Å². The molecule has 3 heteroatoms. The number of hydrogen-bond acceptors (Lipinski definition) is 1. The average molecular weight is 343 g/mol. The number of ether oxygens (including phenoxy) is 1. The number of hydrogen-bond donors (Lipinski definition) is 0. The van der Waals surface area contributed by atoms with Crippen molar-refractivity contribution in [1.82, 2.24) is 0 Å². The molecular weight excluding hydrogens is 323 g/mol. The molecule has 2 aromatic carbocycles. The fraction of sp³-hybridized carbons (Fsp3) is 0.333. The van der Waals surface area contributed by atoms with E-state index in [0.29, 0.717) is 22.6 Å². The van der Waals surface area contributed by atoms with Gasteiger partial charge in [0.25, 0.3) is 0 Å². The minimum Gasteiger partial charge on any atom is -0.381 e. The molecule has 0 atom stereocenters. The summed E-state index contributed by atoms with van der Waals surface area (Å²) in [5.74, 6) is 6.10. The number of benzene rings is 2. The molecule has 0 aliphatic heterocycles. The van der Waals surface area contributed by atoms with Crippen LogP contribution in [-0.2, 0) is 4.74 Å². The summed E-state index contributed by atoms with van der Waals surface area (Å²) < 4.78 is 19.2. The predicted octanol–water partition coefficient (Wildman–Crippen LogP) is 5.55. The minimum atomic E-state index is -0.387. The second kappa shape index (κ2) is 7.83. The van der Waals surface area contributed by atoms with E-state index in [1.165, 1.54) is 24.5 Å². The van der Waals surface area contributed by atoms with Crippen LogP contribution in [0.4, 0.5) is 4.39 Å². The van der Waals surface area contributed by atoms with E-state index >= 15 is 0 Å². The molecule has 0 unspecified atom stereocenters. The van der Waals surface area contributed by atoms with Gasteiger partial charge in [0.15, 0.2) is 0 Å². The average Bonchev–Trinajstić information content (AvgIpc) is 2.62. The molecule has 0 heterocycles. The Morgan fingerprint density at radius 3 is 2.33 bits per heavy atom. The van der Waals surface area contributed by atoms with Crippen molar-refractivity contribution >= 4 is 11.6 Å². The molecule has 3 rings (SSSR count). The second-order valence-electron chi connectivity index (χ2n) is 6.21. The van der Waals surface area contributed by atoms with E-state index < -0.39 is 0 Å². The van der Waals surface area contributed by atoms with Gasteiger partial charge in [-0.25, -0.2) is 4.39 Å². The first-order valence-electron chi connectivity index (χ1n) is 8.25. The summed E-state index contributed by atoms with van der Waals surface area (Å²) in [6.45, 7) is 0. The van der Waals surface area contributed by atoms with Crippen molar-refractivity contribution in [3.63, 3.8) is 0 Å². The molecule has 1 aliphatic rings. The first kappa shape index (κ1) is 17.0. The van der Waals surface area contributed by atoms with Gasteiger partial charge in [-0.15, -0.1) is 0 Å². The highest BCUT2D eigenvalue weighted by Crippen LogP contribution is 2.33. The molecule has 1 nitrogen and oxygen atoms in total. The van der Waals surface area contributed by atoms with Crippen LogP contribution in [0.15, 0.2) is 42.5 Å².